The predicted molar refractivity (Wildman–Crippen MR) is 85.7 cm³/mol. The van der Waals surface area contributed by atoms with Gasteiger partial charge in [0.15, 0.2) is 5.41 Å². The van der Waals surface area contributed by atoms with Crippen LogP contribution >= 0.6 is 0 Å². The van der Waals surface area contributed by atoms with Crippen LogP contribution in [0.3, 0.4) is 0 Å². The van der Waals surface area contributed by atoms with Crippen molar-refractivity contribution in [3.8, 4) is 0 Å². The lowest BCUT2D eigenvalue weighted by molar-refractivity contribution is -0.537. The van der Waals surface area contributed by atoms with E-state index in [0.717, 1.165) is 49.3 Å². The van der Waals surface area contributed by atoms with Gasteiger partial charge in [-0.15, -0.1) is 0 Å². The lowest BCUT2D eigenvalue weighted by Crippen LogP contribution is -2.50. The summed E-state index contributed by atoms with van der Waals surface area (Å²) in [6.45, 7) is 3.90. The van der Waals surface area contributed by atoms with Crippen molar-refractivity contribution in [3.63, 3.8) is 0 Å². The molecule has 0 radical (unpaired) electrons. The maximum absolute atomic E-state index is 12.1. The number of carboxylic acids is 1. The van der Waals surface area contributed by atoms with Crippen molar-refractivity contribution in [2.24, 2.45) is 5.41 Å². The monoisotopic (exact) mass is 297 g/mol. The van der Waals surface area contributed by atoms with Gasteiger partial charge in [-0.05, 0) is 24.5 Å². The summed E-state index contributed by atoms with van der Waals surface area (Å²) >= 11 is 0. The minimum Gasteiger partial charge on any atom is -0.480 e. The topological polar surface area (TPSA) is 56.1 Å². The zero-order chi connectivity index (χ0) is 15.3. The van der Waals surface area contributed by atoms with E-state index >= 15 is 0 Å². The number of para-hydroxylation sites is 1. The highest BCUT2D eigenvalue weighted by atomic mass is 16.4. The first-order valence-corrected chi connectivity index (χ1v) is 8.13. The minimum atomic E-state index is -0.742. The summed E-state index contributed by atoms with van der Waals surface area (Å²) in [5, 5.41) is 11.2. The Hall–Kier alpha value is -2.10. The Morgan fingerprint density at radius 3 is 2.95 bits per heavy atom. The largest absolute Gasteiger partial charge is 0.480 e. The predicted octanol–water partition coefficient (Wildman–Crippen LogP) is 2.80. The summed E-state index contributed by atoms with van der Waals surface area (Å²) in [7, 11) is 0. The number of aromatic amines is 1. The summed E-state index contributed by atoms with van der Waals surface area (Å²) in [5.74, 6) is -0.679. The average Bonchev–Trinajstić information content (AvgIpc) is 2.92. The normalized spacial score (nSPS) is 24.2. The molecule has 2 N–H and O–H groups in total. The maximum atomic E-state index is 12.1. The number of nitrogens with one attached hydrogen (secondary N) is 1. The number of H-pyrrole nitrogens is 1. The molecule has 4 rings (SSSR count). The second-order valence-electron chi connectivity index (χ2n) is 6.45. The highest BCUT2D eigenvalue weighted by Crippen LogP contribution is 2.40. The minimum absolute atomic E-state index is 0.642. The van der Waals surface area contributed by atoms with Crippen LogP contribution in [0, 0.1) is 5.41 Å². The molecule has 0 saturated carbocycles. The van der Waals surface area contributed by atoms with Gasteiger partial charge in [0.1, 0.15) is 18.8 Å². The molecular weight excluding hydrogens is 276 g/mol. The molecule has 0 saturated heterocycles. The number of benzene rings is 1. The fourth-order valence-corrected chi connectivity index (χ4v) is 4.34. The molecular formula is C18H21N2O2+. The SMILES string of the molecule is CCC1(C(=O)O)CCC[N+]2=C1c1[nH]c3ccccc3c1CC2. The molecule has 1 aromatic heterocycles. The molecule has 22 heavy (non-hydrogen) atoms. The van der Waals surface area contributed by atoms with Gasteiger partial charge in [0.05, 0.1) is 0 Å². The highest BCUT2D eigenvalue weighted by Gasteiger charge is 2.52. The molecule has 1 unspecified atom stereocenters. The van der Waals surface area contributed by atoms with E-state index in [9.17, 15) is 9.90 Å². The number of carboxylic acid groups (broad SMARTS) is 1. The van der Waals surface area contributed by atoms with Gasteiger partial charge in [0.25, 0.3) is 0 Å². The van der Waals surface area contributed by atoms with Crippen LogP contribution < -0.4 is 0 Å². The molecule has 3 heterocycles. The van der Waals surface area contributed by atoms with Crippen molar-refractivity contribution in [2.75, 3.05) is 13.1 Å². The van der Waals surface area contributed by atoms with Gasteiger partial charge in [-0.1, -0.05) is 25.1 Å². The third kappa shape index (κ3) is 1.64. The molecule has 0 fully saturated rings. The van der Waals surface area contributed by atoms with Gasteiger partial charge in [0, 0.05) is 23.7 Å². The molecule has 114 valence electrons. The number of aromatic nitrogens is 1. The third-order valence-electron chi connectivity index (χ3n) is 5.50. The van der Waals surface area contributed by atoms with Crippen LogP contribution in [0.4, 0.5) is 0 Å². The van der Waals surface area contributed by atoms with E-state index in [4.69, 9.17) is 0 Å². The first kappa shape index (κ1) is 13.6. The van der Waals surface area contributed by atoms with Gasteiger partial charge in [0.2, 0.25) is 5.71 Å². The van der Waals surface area contributed by atoms with Crippen LogP contribution in [0.25, 0.3) is 10.9 Å². The zero-order valence-corrected chi connectivity index (χ0v) is 12.9. The molecule has 1 atom stereocenters. The quantitative estimate of drug-likeness (QED) is 0.838. The Balaban J connectivity index is 2.02. The van der Waals surface area contributed by atoms with Crippen LogP contribution in [0.1, 0.15) is 37.4 Å². The summed E-state index contributed by atoms with van der Waals surface area (Å²) in [6.07, 6.45) is 3.32. The van der Waals surface area contributed by atoms with E-state index in [1.807, 2.05) is 13.0 Å². The molecule has 0 amide bonds. The standard InChI is InChI=1S/C18H20N2O2/c1-2-18(17(21)22)9-5-10-20-11-8-13-12-6-3-4-7-14(12)19-15(13)16(18)20/h3-4,6-7H,2,5,8-11H2,1H3,(H,21,22)/p+1. The van der Waals surface area contributed by atoms with Gasteiger partial charge >= 0.3 is 5.97 Å². The molecule has 4 heteroatoms. The molecule has 4 nitrogen and oxygen atoms in total. The number of rotatable bonds is 2. The smallest absolute Gasteiger partial charge is 0.320 e. The lowest BCUT2D eigenvalue weighted by atomic mass is 9.71. The van der Waals surface area contributed by atoms with Gasteiger partial charge in [-0.3, -0.25) is 4.79 Å². The summed E-state index contributed by atoms with van der Waals surface area (Å²) in [5.41, 5.74) is 3.75. The van der Waals surface area contributed by atoms with Crippen LogP contribution in [-0.4, -0.2) is 39.4 Å². The van der Waals surface area contributed by atoms with E-state index in [2.05, 4.69) is 27.8 Å². The van der Waals surface area contributed by atoms with Gasteiger partial charge in [-0.2, -0.15) is 0 Å². The van der Waals surface area contributed by atoms with E-state index < -0.39 is 11.4 Å². The van der Waals surface area contributed by atoms with E-state index in [0.29, 0.717) is 6.42 Å². The van der Waals surface area contributed by atoms with Crippen molar-refractivity contribution in [1.82, 2.24) is 4.98 Å². The Labute approximate surface area is 129 Å². The Morgan fingerprint density at radius 1 is 1.36 bits per heavy atom. The van der Waals surface area contributed by atoms with Crippen molar-refractivity contribution in [2.45, 2.75) is 32.6 Å². The number of hydrogen-bond donors (Lipinski definition) is 2. The summed E-state index contributed by atoms with van der Waals surface area (Å²) in [4.78, 5) is 15.6. The van der Waals surface area contributed by atoms with Crippen LogP contribution in [0.5, 0.6) is 0 Å². The van der Waals surface area contributed by atoms with E-state index in [1.54, 1.807) is 0 Å². The number of nitrogens with zero attached hydrogens (tertiary/aromatic N) is 1. The van der Waals surface area contributed by atoms with Crippen LogP contribution in [0.15, 0.2) is 24.3 Å². The molecule has 0 spiro atoms. The van der Waals surface area contributed by atoms with Crippen molar-refractivity contribution in [3.05, 3.63) is 35.5 Å². The van der Waals surface area contributed by atoms with Crippen molar-refractivity contribution < 1.29 is 14.5 Å². The Bertz CT molecular complexity index is 803. The van der Waals surface area contributed by atoms with Crippen LogP contribution in [0.2, 0.25) is 0 Å². The molecule has 2 aromatic rings. The lowest BCUT2D eigenvalue weighted by Gasteiger charge is -2.33. The fourth-order valence-electron chi connectivity index (χ4n) is 4.34. The summed E-state index contributed by atoms with van der Waals surface area (Å²) < 4.78 is 2.30. The first-order valence-electron chi connectivity index (χ1n) is 8.13. The Kier molecular flexibility index (Phi) is 2.90. The van der Waals surface area contributed by atoms with Gasteiger partial charge in [-0.25, -0.2) is 4.58 Å². The number of fused-ring (bicyclic) bond motifs is 4. The average molecular weight is 297 g/mol. The molecule has 0 bridgehead atoms. The second kappa shape index (κ2) is 4.70. The van der Waals surface area contributed by atoms with Gasteiger partial charge < -0.3 is 10.1 Å². The third-order valence-corrected chi connectivity index (χ3v) is 5.50. The maximum Gasteiger partial charge on any atom is 0.320 e. The molecule has 2 aliphatic rings. The number of hydrogen-bond acceptors (Lipinski definition) is 1. The Morgan fingerprint density at radius 2 is 2.18 bits per heavy atom. The number of carbonyl (C=O) groups is 1. The zero-order valence-electron chi connectivity index (χ0n) is 12.9. The summed E-state index contributed by atoms with van der Waals surface area (Å²) in [6, 6.07) is 8.30. The molecule has 2 aliphatic heterocycles. The molecule has 0 aliphatic carbocycles. The van der Waals surface area contributed by atoms with E-state index in [1.165, 1.54) is 10.9 Å². The fraction of sp³-hybridized carbons (Fsp3) is 0.444. The van der Waals surface area contributed by atoms with Crippen LogP contribution in [-0.2, 0) is 11.2 Å². The highest BCUT2D eigenvalue weighted by molar-refractivity contribution is 6.15. The van der Waals surface area contributed by atoms with E-state index in [-0.39, 0.29) is 0 Å². The van der Waals surface area contributed by atoms with Crippen molar-refractivity contribution >= 4 is 22.6 Å². The number of aliphatic carboxylic acids is 1. The first-order chi connectivity index (χ1) is 10.7. The van der Waals surface area contributed by atoms with Crippen molar-refractivity contribution in [1.29, 1.82) is 0 Å². The molecule has 1 aromatic carbocycles. The second-order valence-corrected chi connectivity index (χ2v) is 6.45.